The van der Waals surface area contributed by atoms with Gasteiger partial charge in [0.25, 0.3) is 0 Å². The van der Waals surface area contributed by atoms with Crippen molar-refractivity contribution in [2.45, 2.75) is 0 Å². The van der Waals surface area contributed by atoms with E-state index in [2.05, 4.69) is 4.98 Å². The first-order valence-corrected chi connectivity index (χ1v) is 4.41. The average Bonchev–Trinajstić information content (AvgIpc) is 2.39. The number of phenols is 1. The maximum atomic E-state index is 9.22. The number of aromatic hydroxyl groups is 1. The highest BCUT2D eigenvalue weighted by atomic mass is 35.5. The Morgan fingerprint density at radius 3 is 3.00 bits per heavy atom. The van der Waals surface area contributed by atoms with E-state index in [9.17, 15) is 5.11 Å². The van der Waals surface area contributed by atoms with Crippen LogP contribution in [0.2, 0.25) is 5.02 Å². The molecule has 0 fully saturated rings. The van der Waals surface area contributed by atoms with Crippen molar-refractivity contribution >= 4 is 38.3 Å². The first kappa shape index (κ1) is 7.64. The van der Waals surface area contributed by atoms with Crippen LogP contribution in [0.4, 0.5) is 5.13 Å². The summed E-state index contributed by atoms with van der Waals surface area (Å²) in [5, 5.41) is 9.94. The van der Waals surface area contributed by atoms with Crippen LogP contribution in [0, 0.1) is 0 Å². The van der Waals surface area contributed by atoms with Crippen LogP contribution >= 0.6 is 22.9 Å². The van der Waals surface area contributed by atoms with Crippen molar-refractivity contribution in [2.24, 2.45) is 0 Å². The van der Waals surface area contributed by atoms with Crippen LogP contribution in [0.3, 0.4) is 0 Å². The van der Waals surface area contributed by atoms with E-state index in [1.165, 1.54) is 17.4 Å². The van der Waals surface area contributed by atoms with Crippen LogP contribution in [0.15, 0.2) is 12.1 Å². The molecule has 5 heteroatoms. The van der Waals surface area contributed by atoms with Crippen LogP contribution in [0.5, 0.6) is 5.75 Å². The summed E-state index contributed by atoms with van der Waals surface area (Å²) < 4.78 is 0.885. The van der Waals surface area contributed by atoms with E-state index in [1.54, 1.807) is 6.07 Å². The van der Waals surface area contributed by atoms with E-state index in [4.69, 9.17) is 17.3 Å². The molecule has 1 aromatic carbocycles. The van der Waals surface area contributed by atoms with Gasteiger partial charge in [-0.2, -0.15) is 0 Å². The Hall–Kier alpha value is -1.00. The van der Waals surface area contributed by atoms with Gasteiger partial charge in [-0.25, -0.2) is 4.98 Å². The zero-order chi connectivity index (χ0) is 8.72. The standard InChI is InChI=1S/C7H5ClN2OS/c8-5-3(11)1-2-4-6(5)10-7(9)12-4/h1-2,11H,(H2,9,10). The first-order chi connectivity index (χ1) is 5.68. The third kappa shape index (κ3) is 1.00. The minimum atomic E-state index is 0.0365. The summed E-state index contributed by atoms with van der Waals surface area (Å²) in [4.78, 5) is 3.98. The molecule has 2 aromatic rings. The van der Waals surface area contributed by atoms with Crippen molar-refractivity contribution < 1.29 is 5.11 Å². The Kier molecular flexibility index (Phi) is 1.59. The molecule has 0 aliphatic rings. The van der Waals surface area contributed by atoms with Crippen LogP contribution < -0.4 is 5.73 Å². The van der Waals surface area contributed by atoms with Crippen LogP contribution in [-0.2, 0) is 0 Å². The molecule has 62 valence electrons. The number of anilines is 1. The monoisotopic (exact) mass is 200 g/mol. The summed E-state index contributed by atoms with van der Waals surface area (Å²) in [6.07, 6.45) is 0. The number of aromatic nitrogens is 1. The number of fused-ring (bicyclic) bond motifs is 1. The fraction of sp³-hybridized carbons (Fsp3) is 0. The van der Waals surface area contributed by atoms with Crippen molar-refractivity contribution in [1.82, 2.24) is 4.98 Å². The highest BCUT2D eigenvalue weighted by Crippen LogP contribution is 2.34. The van der Waals surface area contributed by atoms with Crippen molar-refractivity contribution in [2.75, 3.05) is 5.73 Å². The smallest absolute Gasteiger partial charge is 0.181 e. The predicted molar refractivity (Wildman–Crippen MR) is 50.7 cm³/mol. The average molecular weight is 201 g/mol. The molecule has 0 atom stereocenters. The molecule has 0 amide bonds. The fourth-order valence-electron chi connectivity index (χ4n) is 0.968. The second kappa shape index (κ2) is 2.50. The third-order valence-electron chi connectivity index (χ3n) is 1.50. The SMILES string of the molecule is Nc1nc2c(Cl)c(O)ccc2s1. The summed E-state index contributed by atoms with van der Waals surface area (Å²) in [5.74, 6) is 0.0365. The molecule has 0 saturated carbocycles. The Balaban J connectivity index is 2.89. The quantitative estimate of drug-likeness (QED) is 0.686. The highest BCUT2D eigenvalue weighted by molar-refractivity contribution is 7.22. The van der Waals surface area contributed by atoms with Gasteiger partial charge in [0.05, 0.1) is 4.70 Å². The molecular formula is C7H5ClN2OS. The second-order valence-corrected chi connectivity index (χ2v) is 3.74. The molecule has 0 unspecified atom stereocenters. The van der Waals surface area contributed by atoms with Crippen molar-refractivity contribution in [3.8, 4) is 5.75 Å². The van der Waals surface area contributed by atoms with Gasteiger partial charge in [-0.1, -0.05) is 22.9 Å². The van der Waals surface area contributed by atoms with E-state index in [0.29, 0.717) is 10.6 Å². The number of halogens is 1. The Bertz CT molecular complexity index is 440. The van der Waals surface area contributed by atoms with Crippen LogP contribution in [0.25, 0.3) is 10.2 Å². The zero-order valence-electron chi connectivity index (χ0n) is 5.91. The van der Waals surface area contributed by atoms with Gasteiger partial charge in [0.1, 0.15) is 16.3 Å². The summed E-state index contributed by atoms with van der Waals surface area (Å²) in [5.41, 5.74) is 6.05. The number of thiazole rings is 1. The van der Waals surface area contributed by atoms with E-state index in [1.807, 2.05) is 0 Å². The molecule has 1 heterocycles. The Morgan fingerprint density at radius 2 is 2.25 bits per heavy atom. The minimum absolute atomic E-state index is 0.0365. The lowest BCUT2D eigenvalue weighted by Crippen LogP contribution is -1.79. The summed E-state index contributed by atoms with van der Waals surface area (Å²) >= 11 is 7.12. The number of nitrogens with zero attached hydrogens (tertiary/aromatic N) is 1. The molecule has 0 spiro atoms. The van der Waals surface area contributed by atoms with Gasteiger partial charge in [-0.3, -0.25) is 0 Å². The molecular weight excluding hydrogens is 196 g/mol. The lowest BCUT2D eigenvalue weighted by atomic mass is 10.3. The lowest BCUT2D eigenvalue weighted by Gasteiger charge is -1.94. The summed E-state index contributed by atoms with van der Waals surface area (Å²) in [6, 6.07) is 3.27. The van der Waals surface area contributed by atoms with Gasteiger partial charge in [0.15, 0.2) is 5.13 Å². The highest BCUT2D eigenvalue weighted by Gasteiger charge is 2.08. The number of phenolic OH excluding ortho intramolecular Hbond substituents is 1. The van der Waals surface area contributed by atoms with Gasteiger partial charge in [0, 0.05) is 0 Å². The normalized spacial score (nSPS) is 10.8. The Morgan fingerprint density at radius 1 is 1.50 bits per heavy atom. The summed E-state index contributed by atoms with van der Waals surface area (Å²) in [7, 11) is 0. The number of hydrogen-bond acceptors (Lipinski definition) is 4. The molecule has 0 bridgehead atoms. The van der Waals surface area contributed by atoms with E-state index >= 15 is 0 Å². The third-order valence-corrected chi connectivity index (χ3v) is 2.72. The maximum Gasteiger partial charge on any atom is 0.181 e. The predicted octanol–water partition coefficient (Wildman–Crippen LogP) is 2.24. The molecule has 0 aliphatic heterocycles. The number of nitrogens with two attached hydrogens (primary N) is 1. The van der Waals surface area contributed by atoms with Gasteiger partial charge in [0.2, 0.25) is 0 Å². The molecule has 0 saturated heterocycles. The Labute approximate surface area is 77.4 Å². The largest absolute Gasteiger partial charge is 0.506 e. The number of nitrogen functional groups attached to an aromatic ring is 1. The minimum Gasteiger partial charge on any atom is -0.506 e. The van der Waals surface area contributed by atoms with E-state index < -0.39 is 0 Å². The van der Waals surface area contributed by atoms with E-state index in [0.717, 1.165) is 4.70 Å². The lowest BCUT2D eigenvalue weighted by molar-refractivity contribution is 0.476. The number of hydrogen-bond donors (Lipinski definition) is 2. The van der Waals surface area contributed by atoms with Crippen molar-refractivity contribution in [3.05, 3.63) is 17.2 Å². The molecule has 3 N–H and O–H groups in total. The maximum absolute atomic E-state index is 9.22. The van der Waals surface area contributed by atoms with Crippen molar-refractivity contribution in [1.29, 1.82) is 0 Å². The molecule has 2 rings (SSSR count). The van der Waals surface area contributed by atoms with Crippen LogP contribution in [-0.4, -0.2) is 10.1 Å². The zero-order valence-corrected chi connectivity index (χ0v) is 7.49. The molecule has 1 aromatic heterocycles. The fourth-order valence-corrected chi connectivity index (χ4v) is 1.97. The van der Waals surface area contributed by atoms with Crippen LogP contribution in [0.1, 0.15) is 0 Å². The van der Waals surface area contributed by atoms with E-state index in [-0.39, 0.29) is 10.8 Å². The second-order valence-electron chi connectivity index (χ2n) is 2.30. The number of benzene rings is 1. The first-order valence-electron chi connectivity index (χ1n) is 3.22. The summed E-state index contributed by atoms with van der Waals surface area (Å²) in [6.45, 7) is 0. The van der Waals surface area contributed by atoms with Gasteiger partial charge in [-0.15, -0.1) is 0 Å². The van der Waals surface area contributed by atoms with Crippen molar-refractivity contribution in [3.63, 3.8) is 0 Å². The number of rotatable bonds is 0. The molecule has 12 heavy (non-hydrogen) atoms. The molecule has 3 nitrogen and oxygen atoms in total. The molecule has 0 aliphatic carbocycles. The van der Waals surface area contributed by atoms with Gasteiger partial charge in [-0.05, 0) is 12.1 Å². The van der Waals surface area contributed by atoms with Gasteiger partial charge >= 0.3 is 0 Å². The topological polar surface area (TPSA) is 59.1 Å². The van der Waals surface area contributed by atoms with Gasteiger partial charge < -0.3 is 10.8 Å². The molecule has 0 radical (unpaired) electrons.